The predicted molar refractivity (Wildman–Crippen MR) is 353 cm³/mol. The van der Waals surface area contributed by atoms with Crippen LogP contribution < -0.4 is 0 Å². The van der Waals surface area contributed by atoms with Gasteiger partial charge in [0.1, 0.15) is 13.2 Å². The van der Waals surface area contributed by atoms with Crippen molar-refractivity contribution in [3.05, 3.63) is 72.9 Å². The molecule has 81 heavy (non-hydrogen) atoms. The summed E-state index contributed by atoms with van der Waals surface area (Å²) >= 11 is 0. The fraction of sp³-hybridized carbons (Fsp3) is 0.800. The molecule has 0 rings (SSSR count). The summed E-state index contributed by atoms with van der Waals surface area (Å²) in [7, 11) is 0. The molecule has 0 aromatic carbocycles. The number of carbonyl (C=O) groups is 3. The third kappa shape index (κ3) is 67.5. The monoisotopic (exact) mass is 1130 g/mol. The molecule has 0 saturated heterocycles. The Bertz CT molecular complexity index is 1490. The lowest BCUT2D eigenvalue weighted by molar-refractivity contribution is -0.167. The van der Waals surface area contributed by atoms with Crippen LogP contribution in [0, 0.1) is 0 Å². The maximum atomic E-state index is 12.9. The number of allylic oxidation sites excluding steroid dienone is 12. The molecule has 0 aliphatic rings. The summed E-state index contributed by atoms with van der Waals surface area (Å²) in [6, 6.07) is 0. The highest BCUT2D eigenvalue weighted by atomic mass is 16.6. The van der Waals surface area contributed by atoms with Crippen LogP contribution in [0.3, 0.4) is 0 Å². The van der Waals surface area contributed by atoms with E-state index in [1.165, 1.54) is 218 Å². The van der Waals surface area contributed by atoms with E-state index in [1.807, 2.05) is 0 Å². The van der Waals surface area contributed by atoms with Gasteiger partial charge in [0.25, 0.3) is 0 Å². The van der Waals surface area contributed by atoms with Crippen molar-refractivity contribution in [1.29, 1.82) is 0 Å². The second-order valence-corrected chi connectivity index (χ2v) is 23.8. The molecule has 0 amide bonds. The summed E-state index contributed by atoms with van der Waals surface area (Å²) in [5, 5.41) is 0. The summed E-state index contributed by atoms with van der Waals surface area (Å²) < 4.78 is 17.0. The minimum Gasteiger partial charge on any atom is -0.462 e. The molecule has 0 saturated carbocycles. The quantitative estimate of drug-likeness (QED) is 0.0261. The third-order valence-electron chi connectivity index (χ3n) is 15.7. The summed E-state index contributed by atoms with van der Waals surface area (Å²) in [5.41, 5.74) is 0. The van der Waals surface area contributed by atoms with Crippen molar-refractivity contribution >= 4 is 17.9 Å². The average molecular weight is 1130 g/mol. The molecule has 1 atom stereocenters. The Labute approximate surface area is 503 Å². The van der Waals surface area contributed by atoms with Crippen LogP contribution in [-0.2, 0) is 28.6 Å². The van der Waals surface area contributed by atoms with Crippen molar-refractivity contribution in [3.63, 3.8) is 0 Å². The number of esters is 3. The highest BCUT2D eigenvalue weighted by molar-refractivity contribution is 5.71. The van der Waals surface area contributed by atoms with Crippen molar-refractivity contribution in [3.8, 4) is 0 Å². The first-order valence-corrected chi connectivity index (χ1v) is 35.4. The molecule has 0 aliphatic heterocycles. The van der Waals surface area contributed by atoms with Gasteiger partial charge in [-0.05, 0) is 89.9 Å². The van der Waals surface area contributed by atoms with Crippen molar-refractivity contribution in [2.75, 3.05) is 13.2 Å². The lowest BCUT2D eigenvalue weighted by Gasteiger charge is -2.18. The minimum atomic E-state index is -0.779. The van der Waals surface area contributed by atoms with E-state index in [2.05, 4.69) is 93.7 Å². The molecule has 0 aromatic rings. The van der Waals surface area contributed by atoms with E-state index in [1.54, 1.807) is 0 Å². The number of hydrogen-bond acceptors (Lipinski definition) is 6. The largest absolute Gasteiger partial charge is 0.462 e. The minimum absolute atomic E-state index is 0.0748. The molecule has 0 N–H and O–H groups in total. The molecule has 0 bridgehead atoms. The smallest absolute Gasteiger partial charge is 0.306 e. The van der Waals surface area contributed by atoms with Gasteiger partial charge in [0.2, 0.25) is 0 Å². The highest BCUT2D eigenvalue weighted by Crippen LogP contribution is 2.18. The Kier molecular flexibility index (Phi) is 66.6. The Morgan fingerprint density at radius 1 is 0.259 bits per heavy atom. The average Bonchev–Trinajstić information content (AvgIpc) is 3.47. The molecule has 0 aliphatic carbocycles. The number of hydrogen-bond donors (Lipinski definition) is 0. The van der Waals surface area contributed by atoms with Crippen molar-refractivity contribution in [2.45, 2.75) is 374 Å². The second kappa shape index (κ2) is 69.3. The first-order chi connectivity index (χ1) is 40.0. The fourth-order valence-electron chi connectivity index (χ4n) is 10.4. The van der Waals surface area contributed by atoms with Gasteiger partial charge in [-0.1, -0.05) is 331 Å². The SMILES string of the molecule is CC/C=C\C/C=C\C/C=C\C/C=C\CCCCCCCCCCCCCCCCCCCCCCC(=O)OCC(COC(=O)CCCCCCCCCCCCCCCC)OC(=O)CCCCCCC/C=C\C/C=C\CCCCCC. The maximum absolute atomic E-state index is 12.9. The zero-order valence-electron chi connectivity index (χ0n) is 54.1. The van der Waals surface area contributed by atoms with Gasteiger partial charge < -0.3 is 14.2 Å². The van der Waals surface area contributed by atoms with Crippen molar-refractivity contribution < 1.29 is 28.6 Å². The van der Waals surface area contributed by atoms with Crippen LogP contribution in [0.25, 0.3) is 0 Å². The van der Waals surface area contributed by atoms with Crippen molar-refractivity contribution in [1.82, 2.24) is 0 Å². The summed E-state index contributed by atoms with van der Waals surface area (Å²) in [5.74, 6) is -0.865. The predicted octanol–water partition coefficient (Wildman–Crippen LogP) is 24.4. The molecule has 0 aromatic heterocycles. The first-order valence-electron chi connectivity index (χ1n) is 35.4. The summed E-state index contributed by atoms with van der Waals surface area (Å²) in [6.07, 6.45) is 90.8. The van der Waals surface area contributed by atoms with Gasteiger partial charge in [-0.15, -0.1) is 0 Å². The van der Waals surface area contributed by atoms with Crippen LogP contribution >= 0.6 is 0 Å². The molecule has 0 fully saturated rings. The third-order valence-corrected chi connectivity index (χ3v) is 15.7. The van der Waals surface area contributed by atoms with E-state index in [-0.39, 0.29) is 31.1 Å². The van der Waals surface area contributed by atoms with Crippen molar-refractivity contribution in [2.24, 2.45) is 0 Å². The molecule has 1 unspecified atom stereocenters. The van der Waals surface area contributed by atoms with Crippen LogP contribution in [0.1, 0.15) is 367 Å². The maximum Gasteiger partial charge on any atom is 0.306 e. The molecule has 470 valence electrons. The standard InChI is InChI=1S/C75H134O6/c1-4-7-10-13-16-19-22-25-28-30-31-32-33-34-35-36-37-38-39-40-41-42-43-44-45-46-48-50-53-56-59-62-65-68-74(77)80-71-72(70-79-73(76)67-64-61-58-55-52-49-27-24-21-18-15-12-9-6-3)81-75(78)69-66-63-60-57-54-51-47-29-26-23-20-17-14-11-8-5-2/h7,10,16,19-20,23,25,28-29,31-32,47,72H,4-6,8-9,11-15,17-18,21-22,24,26-27,30,33-46,48-71H2,1-3H3/b10-7-,19-16-,23-20-,28-25-,32-31-,47-29-. The fourth-order valence-corrected chi connectivity index (χ4v) is 10.4. The summed E-state index contributed by atoms with van der Waals surface area (Å²) in [4.78, 5) is 38.4. The van der Waals surface area contributed by atoms with E-state index in [0.717, 1.165) is 109 Å². The van der Waals surface area contributed by atoms with Crippen LogP contribution in [0.5, 0.6) is 0 Å². The first kappa shape index (κ1) is 77.9. The molecule has 6 nitrogen and oxygen atoms in total. The Morgan fingerprint density at radius 2 is 0.481 bits per heavy atom. The molecular formula is C75H134O6. The van der Waals surface area contributed by atoms with E-state index < -0.39 is 6.10 Å². The van der Waals surface area contributed by atoms with E-state index >= 15 is 0 Å². The molecule has 0 heterocycles. The molecular weight excluding hydrogens is 997 g/mol. The van der Waals surface area contributed by atoms with E-state index in [9.17, 15) is 14.4 Å². The van der Waals surface area contributed by atoms with E-state index in [4.69, 9.17) is 14.2 Å². The van der Waals surface area contributed by atoms with Gasteiger partial charge in [0, 0.05) is 19.3 Å². The Balaban J connectivity index is 4.15. The van der Waals surface area contributed by atoms with Gasteiger partial charge in [-0.2, -0.15) is 0 Å². The topological polar surface area (TPSA) is 78.9 Å². The molecule has 6 heteroatoms. The zero-order chi connectivity index (χ0) is 58.5. The van der Waals surface area contributed by atoms with Crippen LogP contribution in [0.4, 0.5) is 0 Å². The summed E-state index contributed by atoms with van der Waals surface area (Å²) in [6.45, 7) is 6.55. The van der Waals surface area contributed by atoms with Crippen LogP contribution in [0.2, 0.25) is 0 Å². The van der Waals surface area contributed by atoms with Gasteiger partial charge in [-0.25, -0.2) is 0 Å². The van der Waals surface area contributed by atoms with Gasteiger partial charge >= 0.3 is 17.9 Å². The second-order valence-electron chi connectivity index (χ2n) is 23.8. The van der Waals surface area contributed by atoms with Gasteiger partial charge in [-0.3, -0.25) is 14.4 Å². The highest BCUT2D eigenvalue weighted by Gasteiger charge is 2.19. The Morgan fingerprint density at radius 3 is 0.765 bits per heavy atom. The lowest BCUT2D eigenvalue weighted by Crippen LogP contribution is -2.30. The number of rotatable bonds is 65. The van der Waals surface area contributed by atoms with Gasteiger partial charge in [0.05, 0.1) is 0 Å². The zero-order valence-corrected chi connectivity index (χ0v) is 54.1. The van der Waals surface area contributed by atoms with Crippen LogP contribution in [0.15, 0.2) is 72.9 Å². The molecule has 0 spiro atoms. The number of carbonyl (C=O) groups excluding carboxylic acids is 3. The van der Waals surface area contributed by atoms with E-state index in [0.29, 0.717) is 19.3 Å². The Hall–Kier alpha value is -3.15. The van der Waals surface area contributed by atoms with Crippen LogP contribution in [-0.4, -0.2) is 37.2 Å². The number of unbranched alkanes of at least 4 members (excludes halogenated alkanes) is 42. The van der Waals surface area contributed by atoms with Gasteiger partial charge in [0.15, 0.2) is 6.10 Å². The lowest BCUT2D eigenvalue weighted by atomic mass is 10.0. The number of ether oxygens (including phenoxy) is 3. The molecule has 0 radical (unpaired) electrons. The normalized spacial score (nSPS) is 12.5.